The second-order valence-electron chi connectivity index (χ2n) is 2.20. The van der Waals surface area contributed by atoms with Crippen LogP contribution in [-0.4, -0.2) is 32.3 Å². The Kier molecular flexibility index (Phi) is 5.78. The Morgan fingerprint density at radius 3 is 2.73 bits per heavy atom. The molecule has 0 aliphatic heterocycles. The molecule has 4 heteroatoms. The fourth-order valence-electron chi connectivity index (χ4n) is 0.574. The molecule has 0 bridgehead atoms. The maximum absolute atomic E-state index is 10.7. The van der Waals surface area contributed by atoms with E-state index in [9.17, 15) is 4.79 Å². The highest BCUT2D eigenvalue weighted by Gasteiger charge is 2.12. The van der Waals surface area contributed by atoms with Crippen molar-refractivity contribution in [1.82, 2.24) is 0 Å². The van der Waals surface area contributed by atoms with E-state index >= 15 is 0 Å². The molecule has 0 fully saturated rings. The van der Waals surface area contributed by atoms with Crippen molar-refractivity contribution in [2.75, 3.05) is 20.3 Å². The molecule has 0 aliphatic carbocycles. The number of carbonyl (C=O) groups excluding carboxylic acids is 1. The number of carbonyl (C=O) groups is 1. The molecule has 0 amide bonds. The van der Waals surface area contributed by atoms with Crippen LogP contribution in [0.3, 0.4) is 0 Å². The van der Waals surface area contributed by atoms with E-state index in [0.717, 1.165) is 6.42 Å². The molecule has 1 atom stereocenters. The first-order valence-electron chi connectivity index (χ1n) is 3.63. The summed E-state index contributed by atoms with van der Waals surface area (Å²) in [5, 5.41) is 0. The van der Waals surface area contributed by atoms with Gasteiger partial charge in [0, 0.05) is 6.61 Å². The molecule has 0 radical (unpaired) electrons. The van der Waals surface area contributed by atoms with Crippen LogP contribution >= 0.6 is 0 Å². The van der Waals surface area contributed by atoms with E-state index < -0.39 is 12.0 Å². The Balaban J connectivity index is 3.36. The molecule has 0 spiro atoms. The van der Waals surface area contributed by atoms with Crippen LogP contribution in [0.15, 0.2) is 0 Å². The van der Waals surface area contributed by atoms with Crippen molar-refractivity contribution >= 4 is 5.97 Å². The summed E-state index contributed by atoms with van der Waals surface area (Å²) in [6, 6.07) is -0.647. The lowest BCUT2D eigenvalue weighted by Crippen LogP contribution is -2.36. The highest BCUT2D eigenvalue weighted by atomic mass is 16.5. The molecular formula is C7H15NO3. The third kappa shape index (κ3) is 4.75. The van der Waals surface area contributed by atoms with Crippen molar-refractivity contribution in [1.29, 1.82) is 0 Å². The topological polar surface area (TPSA) is 61.5 Å². The van der Waals surface area contributed by atoms with Crippen LogP contribution in [0.25, 0.3) is 0 Å². The van der Waals surface area contributed by atoms with Crippen molar-refractivity contribution in [2.24, 2.45) is 5.73 Å². The monoisotopic (exact) mass is 161 g/mol. The first kappa shape index (κ1) is 10.4. The number of rotatable bonds is 5. The molecule has 0 unspecified atom stereocenters. The fourth-order valence-corrected chi connectivity index (χ4v) is 0.574. The summed E-state index contributed by atoms with van der Waals surface area (Å²) in [6.45, 7) is 2.86. The van der Waals surface area contributed by atoms with Gasteiger partial charge in [0.25, 0.3) is 0 Å². The Morgan fingerprint density at radius 2 is 2.27 bits per heavy atom. The van der Waals surface area contributed by atoms with Crippen LogP contribution in [0.5, 0.6) is 0 Å². The molecule has 0 saturated carbocycles. The summed E-state index contributed by atoms with van der Waals surface area (Å²) < 4.78 is 9.44. The van der Waals surface area contributed by atoms with E-state index in [1.807, 2.05) is 6.92 Å². The first-order valence-corrected chi connectivity index (χ1v) is 3.63. The minimum Gasteiger partial charge on any atom is -0.468 e. The molecule has 0 aromatic heterocycles. The zero-order valence-electron chi connectivity index (χ0n) is 7.00. The highest BCUT2D eigenvalue weighted by molar-refractivity contribution is 5.75. The molecule has 0 heterocycles. The van der Waals surface area contributed by atoms with Crippen molar-refractivity contribution < 1.29 is 14.3 Å². The molecule has 0 aromatic rings. The van der Waals surface area contributed by atoms with Gasteiger partial charge in [-0.25, -0.2) is 0 Å². The molecule has 0 saturated heterocycles. The first-order chi connectivity index (χ1) is 5.22. The van der Waals surface area contributed by atoms with Crippen LogP contribution in [0.1, 0.15) is 13.3 Å². The lowest BCUT2D eigenvalue weighted by molar-refractivity contribution is -0.143. The number of ether oxygens (including phenoxy) is 2. The van der Waals surface area contributed by atoms with Crippen LogP contribution in [0, 0.1) is 0 Å². The number of hydrogen-bond acceptors (Lipinski definition) is 4. The quantitative estimate of drug-likeness (QED) is 0.452. The van der Waals surface area contributed by atoms with Gasteiger partial charge < -0.3 is 15.2 Å². The van der Waals surface area contributed by atoms with Gasteiger partial charge in [-0.15, -0.1) is 0 Å². The molecule has 2 N–H and O–H groups in total. The summed E-state index contributed by atoms with van der Waals surface area (Å²) in [4.78, 5) is 10.7. The SMILES string of the molecule is CCCOC[C@H](N)C(=O)OC. The summed E-state index contributed by atoms with van der Waals surface area (Å²) in [7, 11) is 1.31. The van der Waals surface area contributed by atoms with Crippen LogP contribution in [0.2, 0.25) is 0 Å². The number of esters is 1. The smallest absolute Gasteiger partial charge is 0.325 e. The molecule has 11 heavy (non-hydrogen) atoms. The van der Waals surface area contributed by atoms with Gasteiger partial charge in [0.05, 0.1) is 13.7 Å². The van der Waals surface area contributed by atoms with E-state index in [1.54, 1.807) is 0 Å². The van der Waals surface area contributed by atoms with Gasteiger partial charge in [-0.1, -0.05) is 6.92 Å². The van der Waals surface area contributed by atoms with Crippen molar-refractivity contribution in [3.63, 3.8) is 0 Å². The van der Waals surface area contributed by atoms with E-state index in [0.29, 0.717) is 6.61 Å². The summed E-state index contributed by atoms with van der Waals surface area (Å²) in [5.41, 5.74) is 5.37. The van der Waals surface area contributed by atoms with Gasteiger partial charge in [-0.3, -0.25) is 4.79 Å². The Hall–Kier alpha value is -0.610. The zero-order valence-corrected chi connectivity index (χ0v) is 7.00. The molecule has 0 rings (SSSR count). The minimum atomic E-state index is -0.647. The van der Waals surface area contributed by atoms with Gasteiger partial charge in [-0.05, 0) is 6.42 Å². The van der Waals surface area contributed by atoms with E-state index in [2.05, 4.69) is 4.74 Å². The van der Waals surface area contributed by atoms with Gasteiger partial charge in [0.2, 0.25) is 0 Å². The van der Waals surface area contributed by atoms with E-state index in [1.165, 1.54) is 7.11 Å². The summed E-state index contributed by atoms with van der Waals surface area (Å²) in [6.07, 6.45) is 0.924. The molecular weight excluding hydrogens is 146 g/mol. The second kappa shape index (κ2) is 6.12. The van der Waals surface area contributed by atoms with Crippen LogP contribution in [-0.2, 0) is 14.3 Å². The molecule has 0 aromatic carbocycles. The Labute approximate surface area is 66.7 Å². The van der Waals surface area contributed by atoms with Crippen molar-refractivity contribution in [3.8, 4) is 0 Å². The normalized spacial score (nSPS) is 12.6. The number of nitrogens with two attached hydrogens (primary N) is 1. The second-order valence-corrected chi connectivity index (χ2v) is 2.20. The maximum atomic E-state index is 10.7. The lowest BCUT2D eigenvalue weighted by Gasteiger charge is -2.08. The summed E-state index contributed by atoms with van der Waals surface area (Å²) in [5.74, 6) is -0.430. The Morgan fingerprint density at radius 1 is 1.64 bits per heavy atom. The zero-order chi connectivity index (χ0) is 8.69. The standard InChI is InChI=1S/C7H15NO3/c1-3-4-11-5-6(8)7(9)10-2/h6H,3-5,8H2,1-2H3/t6-/m0/s1. The largest absolute Gasteiger partial charge is 0.468 e. The molecule has 0 aliphatic rings. The minimum absolute atomic E-state index is 0.237. The lowest BCUT2D eigenvalue weighted by atomic mass is 10.3. The number of hydrogen-bond donors (Lipinski definition) is 1. The third-order valence-electron chi connectivity index (χ3n) is 1.15. The summed E-state index contributed by atoms with van der Waals surface area (Å²) >= 11 is 0. The van der Waals surface area contributed by atoms with E-state index in [4.69, 9.17) is 10.5 Å². The number of methoxy groups -OCH3 is 1. The van der Waals surface area contributed by atoms with Gasteiger partial charge in [0.15, 0.2) is 0 Å². The third-order valence-corrected chi connectivity index (χ3v) is 1.15. The average molecular weight is 161 g/mol. The Bertz CT molecular complexity index is 116. The molecule has 66 valence electrons. The van der Waals surface area contributed by atoms with Gasteiger partial charge >= 0.3 is 5.97 Å². The maximum Gasteiger partial charge on any atom is 0.325 e. The predicted molar refractivity (Wildman–Crippen MR) is 41.1 cm³/mol. The van der Waals surface area contributed by atoms with Crippen molar-refractivity contribution in [3.05, 3.63) is 0 Å². The van der Waals surface area contributed by atoms with Crippen LogP contribution < -0.4 is 5.73 Å². The predicted octanol–water partition coefficient (Wildman–Crippen LogP) is -0.0867. The molecule has 4 nitrogen and oxygen atoms in total. The highest BCUT2D eigenvalue weighted by Crippen LogP contribution is 1.87. The van der Waals surface area contributed by atoms with Gasteiger partial charge in [-0.2, -0.15) is 0 Å². The van der Waals surface area contributed by atoms with Gasteiger partial charge in [0.1, 0.15) is 6.04 Å². The van der Waals surface area contributed by atoms with Crippen molar-refractivity contribution in [2.45, 2.75) is 19.4 Å². The fraction of sp³-hybridized carbons (Fsp3) is 0.857. The average Bonchev–Trinajstić information content (AvgIpc) is 2.03. The van der Waals surface area contributed by atoms with E-state index in [-0.39, 0.29) is 6.61 Å². The van der Waals surface area contributed by atoms with Crippen LogP contribution in [0.4, 0.5) is 0 Å².